The number of hydrogen-bond donors (Lipinski definition) is 0. The van der Waals surface area contributed by atoms with Crippen molar-refractivity contribution >= 4 is 11.8 Å². The number of rotatable bonds is 2. The third-order valence-corrected chi connectivity index (χ3v) is 5.86. The van der Waals surface area contributed by atoms with E-state index in [0.717, 1.165) is 18.6 Å². The van der Waals surface area contributed by atoms with Crippen molar-refractivity contribution in [1.82, 2.24) is 0 Å². The van der Waals surface area contributed by atoms with E-state index < -0.39 is 0 Å². The van der Waals surface area contributed by atoms with Crippen LogP contribution < -0.4 is 4.90 Å². The number of nitrogens with zero attached hydrogens (tertiary/aromatic N) is 3. The lowest BCUT2D eigenvalue weighted by Gasteiger charge is -2.37. The minimum atomic E-state index is -0.228. The highest BCUT2D eigenvalue weighted by Gasteiger charge is 2.25. The molecule has 4 rings (SSSR count). The molecule has 0 bridgehead atoms. The Morgan fingerprint density at radius 3 is 2.20 bits per heavy atom. The number of nitriles is 2. The van der Waals surface area contributed by atoms with Crippen molar-refractivity contribution < 1.29 is 4.74 Å². The molecule has 1 aromatic rings. The number of anilines is 1. The first kappa shape index (κ1) is 20.0. The van der Waals surface area contributed by atoms with Gasteiger partial charge in [0.15, 0.2) is 0 Å². The predicted molar refractivity (Wildman–Crippen MR) is 119 cm³/mol. The maximum absolute atomic E-state index is 9.31. The molecule has 30 heavy (non-hydrogen) atoms. The van der Waals surface area contributed by atoms with E-state index in [1.807, 2.05) is 18.2 Å². The summed E-state index contributed by atoms with van der Waals surface area (Å²) in [7, 11) is 0. The molecule has 0 saturated heterocycles. The van der Waals surface area contributed by atoms with E-state index in [1.165, 1.54) is 48.3 Å². The van der Waals surface area contributed by atoms with Crippen LogP contribution >= 0.6 is 0 Å². The fraction of sp³-hybridized carbons (Fsp3) is 0.385. The summed E-state index contributed by atoms with van der Waals surface area (Å²) in [6.45, 7) is 8.52. The number of ether oxygens (including phenoxy) is 1. The Morgan fingerprint density at radius 2 is 1.63 bits per heavy atom. The van der Waals surface area contributed by atoms with Crippen molar-refractivity contribution in [2.24, 2.45) is 5.41 Å². The number of hydrogen-bond acceptors (Lipinski definition) is 4. The minimum absolute atomic E-state index is 0.101. The van der Waals surface area contributed by atoms with E-state index >= 15 is 0 Å². The Kier molecular flexibility index (Phi) is 5.27. The lowest BCUT2D eigenvalue weighted by Crippen LogP contribution is -2.34. The average molecular weight is 398 g/mol. The van der Waals surface area contributed by atoms with Gasteiger partial charge in [-0.25, -0.2) is 0 Å². The molecule has 0 atom stereocenters. The van der Waals surface area contributed by atoms with E-state index in [4.69, 9.17) is 4.74 Å². The van der Waals surface area contributed by atoms with E-state index in [9.17, 15) is 10.5 Å². The largest absolute Gasteiger partial charge is 0.461 e. The fourth-order valence-corrected chi connectivity index (χ4v) is 4.38. The van der Waals surface area contributed by atoms with Crippen LogP contribution in [0.1, 0.15) is 50.3 Å². The first-order valence-electron chi connectivity index (χ1n) is 10.6. The normalized spacial score (nSPS) is 18.0. The lowest BCUT2D eigenvalue weighted by atomic mass is 9.89. The molecule has 0 fully saturated rings. The molecular formula is C26H27N3O. The summed E-state index contributed by atoms with van der Waals surface area (Å²) >= 11 is 0. The predicted octanol–water partition coefficient (Wildman–Crippen LogP) is 5.59. The highest BCUT2D eigenvalue weighted by atomic mass is 16.5. The molecule has 3 aliphatic heterocycles. The van der Waals surface area contributed by atoms with Gasteiger partial charge in [-0.2, -0.15) is 10.5 Å². The first-order valence-corrected chi connectivity index (χ1v) is 10.6. The topological polar surface area (TPSA) is 60.0 Å². The molecule has 0 saturated carbocycles. The van der Waals surface area contributed by atoms with E-state index in [2.05, 4.69) is 43.9 Å². The second-order valence-corrected chi connectivity index (χ2v) is 9.18. The molecule has 3 aliphatic rings. The zero-order valence-corrected chi connectivity index (χ0v) is 18.0. The van der Waals surface area contributed by atoms with Crippen LogP contribution in [0.3, 0.4) is 0 Å². The Labute approximate surface area is 179 Å². The molecule has 1 aromatic carbocycles. The molecule has 3 heterocycles. The smallest absolute Gasteiger partial charge is 0.137 e. The molecule has 4 nitrogen and oxygen atoms in total. The highest BCUT2D eigenvalue weighted by molar-refractivity contribution is 5.68. The molecule has 0 spiro atoms. The van der Waals surface area contributed by atoms with Crippen LogP contribution in [-0.4, -0.2) is 13.1 Å². The van der Waals surface area contributed by atoms with Crippen LogP contribution in [0, 0.1) is 28.1 Å². The van der Waals surface area contributed by atoms with Gasteiger partial charge < -0.3 is 9.64 Å². The zero-order valence-electron chi connectivity index (χ0n) is 18.0. The van der Waals surface area contributed by atoms with Gasteiger partial charge in [0.1, 0.15) is 29.2 Å². The SMILES string of the molecule is CC(C)(C)C1=CC(=C(C#N)C#N)C=C(C=Cc2cc3c4c(c2)CCCN4CCC3)O1. The maximum Gasteiger partial charge on any atom is 0.137 e. The van der Waals surface area contributed by atoms with Crippen molar-refractivity contribution in [1.29, 1.82) is 10.5 Å². The molecule has 0 N–H and O–H groups in total. The van der Waals surface area contributed by atoms with Gasteiger partial charge in [-0.15, -0.1) is 0 Å². The number of allylic oxidation sites excluding steroid dienone is 6. The summed E-state index contributed by atoms with van der Waals surface area (Å²) in [5, 5.41) is 18.6. The summed E-state index contributed by atoms with van der Waals surface area (Å²) in [5.74, 6) is 1.40. The first-order chi connectivity index (χ1) is 14.4. The molecule has 0 aliphatic carbocycles. The van der Waals surface area contributed by atoms with E-state index in [1.54, 1.807) is 12.2 Å². The standard InChI is InChI=1S/C26H27N3O/c1-26(2,3)24-15-21(22(16-27)17-28)14-23(30-24)9-8-18-12-19-6-4-10-29-11-5-7-20(13-18)25(19)29/h8-9,12-15H,4-7,10-11H2,1-3H3. The van der Waals surface area contributed by atoms with E-state index in [-0.39, 0.29) is 11.0 Å². The van der Waals surface area contributed by atoms with Crippen molar-refractivity contribution in [3.05, 3.63) is 69.7 Å². The summed E-state index contributed by atoms with van der Waals surface area (Å²) in [5.41, 5.74) is 6.02. The lowest BCUT2D eigenvalue weighted by molar-refractivity contribution is 0.223. The Hall–Kier alpha value is -3.24. The number of benzene rings is 1. The molecule has 0 aromatic heterocycles. The summed E-state index contributed by atoms with van der Waals surface area (Å²) in [6.07, 6.45) is 12.3. The van der Waals surface area contributed by atoms with Crippen molar-refractivity contribution in [2.75, 3.05) is 18.0 Å². The molecular weight excluding hydrogens is 370 g/mol. The fourth-order valence-electron chi connectivity index (χ4n) is 4.38. The van der Waals surface area contributed by atoms with Crippen LogP contribution in [0.4, 0.5) is 5.69 Å². The van der Waals surface area contributed by atoms with Crippen LogP contribution in [-0.2, 0) is 17.6 Å². The summed E-state index contributed by atoms with van der Waals surface area (Å²) in [4.78, 5) is 2.54. The third-order valence-electron chi connectivity index (χ3n) is 5.86. The van der Waals surface area contributed by atoms with Gasteiger partial charge in [-0.1, -0.05) is 26.8 Å². The monoisotopic (exact) mass is 397 g/mol. The molecule has 0 radical (unpaired) electrons. The third kappa shape index (κ3) is 3.91. The Balaban J connectivity index is 1.68. The van der Waals surface area contributed by atoms with Crippen LogP contribution in [0.15, 0.2) is 53.0 Å². The highest BCUT2D eigenvalue weighted by Crippen LogP contribution is 2.37. The van der Waals surface area contributed by atoms with Crippen LogP contribution in [0.2, 0.25) is 0 Å². The second kappa shape index (κ2) is 7.88. The molecule has 4 heteroatoms. The van der Waals surface area contributed by atoms with Gasteiger partial charge in [0, 0.05) is 29.8 Å². The van der Waals surface area contributed by atoms with Gasteiger partial charge in [0.25, 0.3) is 0 Å². The van der Waals surface area contributed by atoms with Gasteiger partial charge in [0.05, 0.1) is 0 Å². The van der Waals surface area contributed by atoms with Crippen LogP contribution in [0.25, 0.3) is 6.08 Å². The quantitative estimate of drug-likeness (QED) is 0.611. The summed E-state index contributed by atoms with van der Waals surface area (Å²) < 4.78 is 6.11. The molecule has 152 valence electrons. The Bertz CT molecular complexity index is 1030. The average Bonchev–Trinajstić information content (AvgIpc) is 2.73. The minimum Gasteiger partial charge on any atom is -0.461 e. The van der Waals surface area contributed by atoms with Gasteiger partial charge >= 0.3 is 0 Å². The maximum atomic E-state index is 9.31. The van der Waals surface area contributed by atoms with Crippen molar-refractivity contribution in [2.45, 2.75) is 46.5 Å². The van der Waals surface area contributed by atoms with E-state index in [0.29, 0.717) is 11.3 Å². The Morgan fingerprint density at radius 1 is 1.00 bits per heavy atom. The summed E-state index contributed by atoms with van der Waals surface area (Å²) in [6, 6.07) is 8.58. The molecule has 0 amide bonds. The van der Waals surface area contributed by atoms with Crippen molar-refractivity contribution in [3.8, 4) is 12.1 Å². The second-order valence-electron chi connectivity index (χ2n) is 9.18. The number of aryl methyl sites for hydroxylation is 2. The zero-order chi connectivity index (χ0) is 21.3. The van der Waals surface area contributed by atoms with Crippen LogP contribution in [0.5, 0.6) is 0 Å². The van der Waals surface area contributed by atoms with Gasteiger partial charge in [0.2, 0.25) is 0 Å². The van der Waals surface area contributed by atoms with Gasteiger partial charge in [-0.3, -0.25) is 0 Å². The van der Waals surface area contributed by atoms with Gasteiger partial charge in [-0.05, 0) is 72.7 Å². The molecule has 0 unspecified atom stereocenters. The van der Waals surface area contributed by atoms with Crippen molar-refractivity contribution in [3.63, 3.8) is 0 Å².